The third kappa shape index (κ3) is 3.38. The molecule has 3 N–H and O–H groups in total. The van der Waals surface area contributed by atoms with E-state index in [0.717, 1.165) is 61.9 Å². The lowest BCUT2D eigenvalue weighted by atomic mass is 9.85. The van der Waals surface area contributed by atoms with Crippen LogP contribution in [-0.4, -0.2) is 28.3 Å². The van der Waals surface area contributed by atoms with Crippen LogP contribution in [0.1, 0.15) is 56.8 Å². The average Bonchev–Trinajstić information content (AvgIpc) is 3.34. The number of hydrogen-bond donors (Lipinski definition) is 3. The molecule has 6 heteroatoms. The van der Waals surface area contributed by atoms with Crippen molar-refractivity contribution < 1.29 is 14.3 Å². The second-order valence-electron chi connectivity index (χ2n) is 7.10. The Morgan fingerprint density at radius 3 is 2.83 bits per heavy atom. The minimum atomic E-state index is -0.759. The lowest BCUT2D eigenvalue weighted by Gasteiger charge is -2.32. The molecule has 1 aromatic heterocycles. The van der Waals surface area contributed by atoms with Crippen LogP contribution in [0.4, 0.5) is 10.5 Å². The molecule has 24 heavy (non-hydrogen) atoms. The maximum Gasteiger partial charge on any atom is 0.319 e. The zero-order valence-corrected chi connectivity index (χ0v) is 13.7. The Labute approximate surface area is 140 Å². The molecule has 0 radical (unpaired) electrons. The van der Waals surface area contributed by atoms with Crippen molar-refractivity contribution in [2.45, 2.75) is 56.5 Å². The van der Waals surface area contributed by atoms with Gasteiger partial charge in [-0.15, -0.1) is 0 Å². The van der Waals surface area contributed by atoms with Crippen LogP contribution in [-0.2, 0) is 0 Å². The molecule has 6 nitrogen and oxygen atoms in total. The number of rotatable bonds is 4. The molecule has 128 valence electrons. The normalized spacial score (nSPS) is 20.0. The second kappa shape index (κ2) is 6.09. The Kier molecular flexibility index (Phi) is 3.92. The molecule has 0 bridgehead atoms. The molecule has 4 rings (SSSR count). The predicted molar refractivity (Wildman–Crippen MR) is 91.0 cm³/mol. The van der Waals surface area contributed by atoms with Crippen molar-refractivity contribution in [3.8, 4) is 0 Å². The lowest BCUT2D eigenvalue weighted by molar-refractivity contribution is 0.00755. The van der Waals surface area contributed by atoms with Crippen LogP contribution >= 0.6 is 0 Å². The SMILES string of the molecule is O=C(NCC1(O)CCCCC1)Nc1ccc2oc(C3CC3)nc2c1. The van der Waals surface area contributed by atoms with Gasteiger partial charge in [0, 0.05) is 18.2 Å². The average molecular weight is 329 g/mol. The standard InChI is InChI=1S/C18H23N3O3/c22-17(19-11-18(23)8-2-1-3-9-18)20-13-6-7-15-14(10-13)21-16(24-15)12-4-5-12/h6-7,10,12,23H,1-5,8-9,11H2,(H2,19,20,22). The molecule has 0 spiro atoms. The molecular formula is C18H23N3O3. The number of amides is 2. The van der Waals surface area contributed by atoms with Gasteiger partial charge in [0.05, 0.1) is 5.60 Å². The number of hydrogen-bond acceptors (Lipinski definition) is 4. The number of nitrogens with one attached hydrogen (secondary N) is 2. The van der Waals surface area contributed by atoms with Gasteiger partial charge in [-0.25, -0.2) is 9.78 Å². The fraction of sp³-hybridized carbons (Fsp3) is 0.556. The lowest BCUT2D eigenvalue weighted by Crippen LogP contribution is -2.45. The molecule has 1 aromatic carbocycles. The van der Waals surface area contributed by atoms with Gasteiger partial charge in [0.15, 0.2) is 11.5 Å². The molecule has 2 fully saturated rings. The number of nitrogens with zero attached hydrogens (tertiary/aromatic N) is 1. The Bertz CT molecular complexity index is 745. The summed E-state index contributed by atoms with van der Waals surface area (Å²) in [5.41, 5.74) is 1.43. The van der Waals surface area contributed by atoms with Crippen LogP contribution in [0.25, 0.3) is 11.1 Å². The molecule has 1 heterocycles. The maximum atomic E-state index is 12.1. The number of oxazole rings is 1. The second-order valence-corrected chi connectivity index (χ2v) is 7.10. The fourth-order valence-electron chi connectivity index (χ4n) is 3.33. The molecule has 0 unspecified atom stereocenters. The predicted octanol–water partition coefficient (Wildman–Crippen LogP) is 3.52. The molecule has 0 saturated heterocycles. The first-order valence-corrected chi connectivity index (χ1v) is 8.79. The summed E-state index contributed by atoms with van der Waals surface area (Å²) in [7, 11) is 0. The van der Waals surface area contributed by atoms with E-state index in [2.05, 4.69) is 15.6 Å². The van der Waals surface area contributed by atoms with Gasteiger partial charge in [-0.2, -0.15) is 0 Å². The minimum absolute atomic E-state index is 0.289. The third-order valence-electron chi connectivity index (χ3n) is 4.95. The topological polar surface area (TPSA) is 87.4 Å². The van der Waals surface area contributed by atoms with Crippen LogP contribution < -0.4 is 10.6 Å². The summed E-state index contributed by atoms with van der Waals surface area (Å²) in [6.07, 6.45) is 6.99. The summed E-state index contributed by atoms with van der Waals surface area (Å²) < 4.78 is 5.72. The van der Waals surface area contributed by atoms with Gasteiger partial charge in [0.1, 0.15) is 5.52 Å². The Morgan fingerprint density at radius 2 is 2.08 bits per heavy atom. The van der Waals surface area contributed by atoms with Crippen LogP contribution in [0.2, 0.25) is 0 Å². The Morgan fingerprint density at radius 1 is 1.29 bits per heavy atom. The van der Waals surface area contributed by atoms with Crippen molar-refractivity contribution >= 4 is 22.8 Å². The van der Waals surface area contributed by atoms with Crippen molar-refractivity contribution in [2.24, 2.45) is 0 Å². The number of carbonyl (C=O) groups is 1. The van der Waals surface area contributed by atoms with Gasteiger partial charge in [0.2, 0.25) is 0 Å². The first kappa shape index (κ1) is 15.4. The number of benzene rings is 1. The van der Waals surface area contributed by atoms with Crippen molar-refractivity contribution in [3.05, 3.63) is 24.1 Å². The Hall–Kier alpha value is -2.08. The molecule has 2 saturated carbocycles. The summed E-state index contributed by atoms with van der Waals surface area (Å²) in [6.45, 7) is 0.289. The third-order valence-corrected chi connectivity index (χ3v) is 4.95. The number of urea groups is 1. The van der Waals surface area contributed by atoms with Gasteiger partial charge in [-0.3, -0.25) is 0 Å². The highest BCUT2D eigenvalue weighted by Gasteiger charge is 2.30. The fourth-order valence-corrected chi connectivity index (χ4v) is 3.33. The van der Waals surface area contributed by atoms with E-state index in [4.69, 9.17) is 4.42 Å². The van der Waals surface area contributed by atoms with E-state index in [0.29, 0.717) is 11.6 Å². The summed E-state index contributed by atoms with van der Waals surface area (Å²) in [5, 5.41) is 16.0. The van der Waals surface area contributed by atoms with Crippen LogP contribution in [0.3, 0.4) is 0 Å². The molecular weight excluding hydrogens is 306 g/mol. The van der Waals surface area contributed by atoms with Crippen LogP contribution in [0.5, 0.6) is 0 Å². The van der Waals surface area contributed by atoms with Crippen molar-refractivity contribution in [2.75, 3.05) is 11.9 Å². The quantitative estimate of drug-likeness (QED) is 0.801. The van der Waals surface area contributed by atoms with E-state index in [-0.39, 0.29) is 12.6 Å². The number of carbonyl (C=O) groups excluding carboxylic acids is 1. The van der Waals surface area contributed by atoms with Gasteiger partial charge in [-0.1, -0.05) is 19.3 Å². The van der Waals surface area contributed by atoms with Gasteiger partial charge >= 0.3 is 6.03 Å². The summed E-state index contributed by atoms with van der Waals surface area (Å²) >= 11 is 0. The van der Waals surface area contributed by atoms with E-state index in [1.807, 2.05) is 12.1 Å². The summed E-state index contributed by atoms with van der Waals surface area (Å²) in [4.78, 5) is 16.6. The minimum Gasteiger partial charge on any atom is -0.440 e. The Balaban J connectivity index is 1.37. The van der Waals surface area contributed by atoms with E-state index < -0.39 is 5.60 Å². The zero-order valence-electron chi connectivity index (χ0n) is 13.7. The summed E-state index contributed by atoms with van der Waals surface area (Å²) in [5.74, 6) is 1.26. The first-order chi connectivity index (χ1) is 11.6. The molecule has 2 aliphatic carbocycles. The number of anilines is 1. The summed E-state index contributed by atoms with van der Waals surface area (Å²) in [6, 6.07) is 5.15. The first-order valence-electron chi connectivity index (χ1n) is 8.79. The molecule has 2 aliphatic rings. The van der Waals surface area contributed by atoms with Crippen molar-refractivity contribution in [1.29, 1.82) is 0 Å². The zero-order chi connectivity index (χ0) is 16.6. The number of fused-ring (bicyclic) bond motifs is 1. The monoisotopic (exact) mass is 329 g/mol. The van der Waals surface area contributed by atoms with Gasteiger partial charge in [-0.05, 0) is 43.9 Å². The van der Waals surface area contributed by atoms with Crippen molar-refractivity contribution in [1.82, 2.24) is 10.3 Å². The van der Waals surface area contributed by atoms with E-state index in [9.17, 15) is 9.90 Å². The van der Waals surface area contributed by atoms with Gasteiger partial charge in [0.25, 0.3) is 0 Å². The van der Waals surface area contributed by atoms with Crippen LogP contribution in [0, 0.1) is 0 Å². The maximum absolute atomic E-state index is 12.1. The smallest absolute Gasteiger partial charge is 0.319 e. The van der Waals surface area contributed by atoms with E-state index in [1.165, 1.54) is 0 Å². The van der Waals surface area contributed by atoms with Crippen molar-refractivity contribution in [3.63, 3.8) is 0 Å². The number of aliphatic hydroxyl groups is 1. The van der Waals surface area contributed by atoms with E-state index >= 15 is 0 Å². The molecule has 0 atom stereocenters. The largest absolute Gasteiger partial charge is 0.440 e. The van der Waals surface area contributed by atoms with Gasteiger partial charge < -0.3 is 20.2 Å². The molecule has 2 amide bonds. The highest BCUT2D eigenvalue weighted by Crippen LogP contribution is 2.40. The highest BCUT2D eigenvalue weighted by molar-refractivity contribution is 5.91. The number of aromatic nitrogens is 1. The molecule has 2 aromatic rings. The molecule has 0 aliphatic heterocycles. The van der Waals surface area contributed by atoms with E-state index in [1.54, 1.807) is 6.07 Å². The van der Waals surface area contributed by atoms with Crippen LogP contribution in [0.15, 0.2) is 22.6 Å². The highest BCUT2D eigenvalue weighted by atomic mass is 16.3.